The van der Waals surface area contributed by atoms with Gasteiger partial charge >= 0.3 is 0 Å². The summed E-state index contributed by atoms with van der Waals surface area (Å²) in [5, 5.41) is 3.25. The van der Waals surface area contributed by atoms with E-state index in [0.717, 1.165) is 17.9 Å². The van der Waals surface area contributed by atoms with E-state index >= 15 is 0 Å². The van der Waals surface area contributed by atoms with E-state index in [0.29, 0.717) is 4.99 Å². The number of thiocarbonyl (C=S) groups is 1. The van der Waals surface area contributed by atoms with Crippen LogP contribution < -0.4 is 11.1 Å². The van der Waals surface area contributed by atoms with Crippen molar-refractivity contribution in [3.8, 4) is 0 Å². The maximum Gasteiger partial charge on any atom is 0.126 e. The average Bonchev–Trinajstić information content (AvgIpc) is 2.73. The minimum absolute atomic E-state index is 0.391. The van der Waals surface area contributed by atoms with Crippen LogP contribution >= 0.6 is 23.6 Å². The van der Waals surface area contributed by atoms with Gasteiger partial charge in [-0.05, 0) is 31.2 Å². The highest BCUT2D eigenvalue weighted by Crippen LogP contribution is 2.16. The molecule has 0 aromatic carbocycles. The lowest BCUT2D eigenvalue weighted by Crippen LogP contribution is -2.10. The van der Waals surface area contributed by atoms with Crippen LogP contribution in [0.5, 0.6) is 0 Å². The Bertz CT molecular complexity index is 534. The molecular formula is C12H13N3S2. The molecule has 2 aromatic rings. The van der Waals surface area contributed by atoms with Crippen molar-refractivity contribution in [2.24, 2.45) is 5.73 Å². The Balaban J connectivity index is 2.04. The van der Waals surface area contributed by atoms with Crippen molar-refractivity contribution in [1.29, 1.82) is 0 Å². The third-order valence-corrected chi connectivity index (χ3v) is 3.52. The van der Waals surface area contributed by atoms with Crippen LogP contribution in [0.4, 0.5) is 5.82 Å². The van der Waals surface area contributed by atoms with Crippen LogP contribution in [-0.4, -0.2) is 9.97 Å². The Morgan fingerprint density at radius 2 is 2.29 bits per heavy atom. The second-order valence-corrected chi connectivity index (χ2v) is 5.47. The number of hydrogen-bond acceptors (Lipinski definition) is 4. The second kappa shape index (κ2) is 5.25. The first-order valence-electron chi connectivity index (χ1n) is 5.20. The van der Waals surface area contributed by atoms with Gasteiger partial charge in [-0.3, -0.25) is 0 Å². The Labute approximate surface area is 110 Å². The Hall–Kier alpha value is -1.46. The summed E-state index contributed by atoms with van der Waals surface area (Å²) in [7, 11) is 0. The van der Waals surface area contributed by atoms with Crippen molar-refractivity contribution in [3.63, 3.8) is 0 Å². The molecule has 0 atom stereocenters. The van der Waals surface area contributed by atoms with Gasteiger partial charge in [-0.1, -0.05) is 12.2 Å². The largest absolute Gasteiger partial charge is 0.389 e. The maximum atomic E-state index is 5.57. The fourth-order valence-electron chi connectivity index (χ4n) is 1.44. The lowest BCUT2D eigenvalue weighted by molar-refractivity contribution is 1.14. The lowest BCUT2D eigenvalue weighted by Gasteiger charge is -2.05. The quantitative estimate of drug-likeness (QED) is 0.833. The van der Waals surface area contributed by atoms with Crippen LogP contribution in [0.15, 0.2) is 30.5 Å². The van der Waals surface area contributed by atoms with E-state index in [1.54, 1.807) is 17.5 Å². The summed E-state index contributed by atoms with van der Waals surface area (Å²) in [5.74, 6) is 0.793. The summed E-state index contributed by atoms with van der Waals surface area (Å²) in [5.41, 5.74) is 6.40. The van der Waals surface area contributed by atoms with Crippen LogP contribution in [-0.2, 0) is 6.54 Å². The van der Waals surface area contributed by atoms with Crippen LogP contribution in [0.2, 0.25) is 0 Å². The van der Waals surface area contributed by atoms with Gasteiger partial charge in [0.15, 0.2) is 0 Å². The number of anilines is 1. The Morgan fingerprint density at radius 1 is 1.47 bits per heavy atom. The highest BCUT2D eigenvalue weighted by Gasteiger charge is 2.00. The van der Waals surface area contributed by atoms with Gasteiger partial charge in [-0.25, -0.2) is 4.98 Å². The first-order chi connectivity index (χ1) is 8.15. The molecule has 0 radical (unpaired) electrons. The van der Waals surface area contributed by atoms with Crippen molar-refractivity contribution in [3.05, 3.63) is 45.8 Å². The smallest absolute Gasteiger partial charge is 0.126 e. The molecule has 0 aliphatic rings. The van der Waals surface area contributed by atoms with Gasteiger partial charge in [0.25, 0.3) is 0 Å². The molecule has 0 saturated carbocycles. The molecule has 0 saturated heterocycles. The van der Waals surface area contributed by atoms with Crippen molar-refractivity contribution in [1.82, 2.24) is 4.98 Å². The molecule has 17 heavy (non-hydrogen) atoms. The van der Waals surface area contributed by atoms with Crippen molar-refractivity contribution in [2.45, 2.75) is 13.5 Å². The average molecular weight is 263 g/mol. The molecule has 0 amide bonds. The van der Waals surface area contributed by atoms with Crippen LogP contribution in [0.1, 0.15) is 15.3 Å². The van der Waals surface area contributed by atoms with Gasteiger partial charge < -0.3 is 11.1 Å². The van der Waals surface area contributed by atoms with Crippen molar-refractivity contribution >= 4 is 34.4 Å². The van der Waals surface area contributed by atoms with E-state index in [9.17, 15) is 0 Å². The van der Waals surface area contributed by atoms with Gasteiger partial charge in [-0.15, -0.1) is 11.3 Å². The third-order valence-electron chi connectivity index (χ3n) is 2.28. The summed E-state index contributed by atoms with van der Waals surface area (Å²) in [4.78, 5) is 7.21. The highest BCUT2D eigenvalue weighted by molar-refractivity contribution is 7.80. The molecule has 0 aliphatic carbocycles. The number of rotatable bonds is 4. The van der Waals surface area contributed by atoms with Gasteiger partial charge in [0.05, 0.1) is 6.54 Å². The molecule has 0 aliphatic heterocycles. The molecule has 0 bridgehead atoms. The van der Waals surface area contributed by atoms with Crippen molar-refractivity contribution in [2.75, 3.05) is 5.32 Å². The zero-order valence-corrected chi connectivity index (χ0v) is 11.1. The predicted octanol–water partition coefficient (Wildman–Crippen LogP) is 2.70. The summed E-state index contributed by atoms with van der Waals surface area (Å²) < 4.78 is 0. The topological polar surface area (TPSA) is 50.9 Å². The van der Waals surface area contributed by atoms with Gasteiger partial charge in [0, 0.05) is 21.5 Å². The Morgan fingerprint density at radius 3 is 2.94 bits per heavy atom. The molecule has 3 N–H and O–H groups in total. The minimum atomic E-state index is 0.391. The number of pyridine rings is 1. The lowest BCUT2D eigenvalue weighted by atomic mass is 10.2. The molecule has 0 fully saturated rings. The minimum Gasteiger partial charge on any atom is -0.389 e. The summed E-state index contributed by atoms with van der Waals surface area (Å²) >= 11 is 6.70. The number of hydrogen-bond donors (Lipinski definition) is 2. The second-order valence-electron chi connectivity index (χ2n) is 3.66. The molecule has 2 aromatic heterocycles. The van der Waals surface area contributed by atoms with Gasteiger partial charge in [-0.2, -0.15) is 0 Å². The third kappa shape index (κ3) is 3.25. The first-order valence-corrected chi connectivity index (χ1v) is 6.42. The molecule has 5 heteroatoms. The Kier molecular flexibility index (Phi) is 3.71. The number of nitrogens with two attached hydrogens (primary N) is 1. The van der Waals surface area contributed by atoms with Gasteiger partial charge in [0.1, 0.15) is 10.8 Å². The maximum absolute atomic E-state index is 5.57. The van der Waals surface area contributed by atoms with Crippen LogP contribution in [0.25, 0.3) is 0 Å². The zero-order chi connectivity index (χ0) is 12.3. The molecule has 2 rings (SSSR count). The zero-order valence-electron chi connectivity index (χ0n) is 9.43. The van der Waals surface area contributed by atoms with Crippen LogP contribution in [0, 0.1) is 6.92 Å². The molecular weight excluding hydrogens is 250 g/mol. The van der Waals surface area contributed by atoms with Crippen molar-refractivity contribution < 1.29 is 0 Å². The summed E-state index contributed by atoms with van der Waals surface area (Å²) in [6, 6.07) is 7.90. The molecule has 0 unspecified atom stereocenters. The van der Waals surface area contributed by atoms with Gasteiger partial charge in [0.2, 0.25) is 0 Å². The normalized spacial score (nSPS) is 10.2. The van der Waals surface area contributed by atoms with E-state index in [4.69, 9.17) is 18.0 Å². The van der Waals surface area contributed by atoms with E-state index in [-0.39, 0.29) is 0 Å². The molecule has 88 valence electrons. The molecule has 3 nitrogen and oxygen atoms in total. The van der Waals surface area contributed by atoms with E-state index in [1.165, 1.54) is 9.75 Å². The molecule has 2 heterocycles. The van der Waals surface area contributed by atoms with E-state index in [1.807, 2.05) is 12.1 Å². The van der Waals surface area contributed by atoms with Crippen LogP contribution in [0.3, 0.4) is 0 Å². The molecule has 0 spiro atoms. The highest BCUT2D eigenvalue weighted by atomic mass is 32.1. The monoisotopic (exact) mass is 263 g/mol. The number of nitrogens with zero attached hydrogens (tertiary/aromatic N) is 1. The first kappa shape index (κ1) is 12.0. The predicted molar refractivity (Wildman–Crippen MR) is 76.5 cm³/mol. The fraction of sp³-hybridized carbons (Fsp3) is 0.167. The van der Waals surface area contributed by atoms with E-state index < -0.39 is 0 Å². The number of nitrogens with one attached hydrogen (secondary N) is 1. The van der Waals surface area contributed by atoms with E-state index in [2.05, 4.69) is 29.4 Å². The fourth-order valence-corrected chi connectivity index (χ4v) is 2.40. The standard InChI is InChI=1S/C12H13N3S2/c1-8-2-3-10(17-8)7-15-11-6-9(12(13)16)4-5-14-11/h2-6H,7H2,1H3,(H2,13,16)(H,14,15). The number of aryl methyl sites for hydroxylation is 1. The summed E-state index contributed by atoms with van der Waals surface area (Å²) in [6.45, 7) is 2.87. The number of aromatic nitrogens is 1. The summed E-state index contributed by atoms with van der Waals surface area (Å²) in [6.07, 6.45) is 1.70. The number of thiophene rings is 1. The SMILES string of the molecule is Cc1ccc(CNc2cc(C(N)=S)ccn2)s1.